The molecule has 0 bridgehead atoms. The number of hydrogen-bond donors (Lipinski definition) is 0. The van der Waals surface area contributed by atoms with Gasteiger partial charge in [-0.1, -0.05) is 177 Å². The van der Waals surface area contributed by atoms with E-state index in [4.69, 9.17) is 19.7 Å². The molecular formula is C51H35N3O. The third kappa shape index (κ3) is 4.74. The number of hydrogen-bond acceptors (Lipinski definition) is 4. The van der Waals surface area contributed by atoms with E-state index in [1.165, 1.54) is 22.3 Å². The molecule has 1 aromatic heterocycles. The molecule has 0 radical (unpaired) electrons. The van der Waals surface area contributed by atoms with Crippen molar-refractivity contribution in [2.45, 2.75) is 12.3 Å². The predicted octanol–water partition coefficient (Wildman–Crippen LogP) is 12.0. The first-order valence-electron chi connectivity index (χ1n) is 18.9. The molecule has 0 fully saturated rings. The molecule has 7 aromatic rings. The van der Waals surface area contributed by atoms with Crippen LogP contribution in [0.1, 0.15) is 34.7 Å². The molecule has 1 aliphatic heterocycles. The van der Waals surface area contributed by atoms with Crippen molar-refractivity contribution in [2.75, 3.05) is 0 Å². The predicted molar refractivity (Wildman–Crippen MR) is 221 cm³/mol. The van der Waals surface area contributed by atoms with Gasteiger partial charge in [0.2, 0.25) is 0 Å². The molecule has 260 valence electrons. The summed E-state index contributed by atoms with van der Waals surface area (Å²) in [5.41, 5.74) is 11.6. The number of benzene rings is 6. The molecule has 3 aliphatic carbocycles. The van der Waals surface area contributed by atoms with E-state index in [0.29, 0.717) is 17.5 Å². The van der Waals surface area contributed by atoms with Crippen molar-refractivity contribution in [3.05, 3.63) is 216 Å². The Morgan fingerprint density at radius 2 is 1.09 bits per heavy atom. The van der Waals surface area contributed by atoms with E-state index in [0.717, 1.165) is 50.5 Å². The highest BCUT2D eigenvalue weighted by Gasteiger charge is 2.51. The van der Waals surface area contributed by atoms with Gasteiger partial charge in [0, 0.05) is 39.2 Å². The second-order valence-corrected chi connectivity index (χ2v) is 15.0. The van der Waals surface area contributed by atoms with Gasteiger partial charge in [0.15, 0.2) is 17.5 Å². The van der Waals surface area contributed by atoms with Crippen LogP contribution >= 0.6 is 0 Å². The lowest BCUT2D eigenvalue weighted by atomic mass is 9.66. The van der Waals surface area contributed by atoms with Crippen LogP contribution in [-0.2, 0) is 5.41 Å². The molecule has 4 aliphatic rings. The fraction of sp³-hybridized carbons (Fsp3) is 0.0784. The van der Waals surface area contributed by atoms with Crippen LogP contribution in [0.25, 0.3) is 50.9 Å². The van der Waals surface area contributed by atoms with Gasteiger partial charge in [-0.15, -0.1) is 0 Å². The van der Waals surface area contributed by atoms with Crippen LogP contribution in [0.2, 0.25) is 0 Å². The number of para-hydroxylation sites is 2. The first-order valence-corrected chi connectivity index (χ1v) is 18.9. The quantitative estimate of drug-likeness (QED) is 0.183. The average Bonchev–Trinajstić information content (AvgIpc) is 3.53. The summed E-state index contributed by atoms with van der Waals surface area (Å²) in [5.74, 6) is 3.90. The molecule has 2 unspecified atom stereocenters. The lowest BCUT2D eigenvalue weighted by Gasteiger charge is -2.39. The highest BCUT2D eigenvalue weighted by Crippen LogP contribution is 2.62. The van der Waals surface area contributed by atoms with Gasteiger partial charge in [-0.3, -0.25) is 0 Å². The zero-order chi connectivity index (χ0) is 36.6. The Kier molecular flexibility index (Phi) is 6.93. The number of fused-ring (bicyclic) bond motifs is 10. The summed E-state index contributed by atoms with van der Waals surface area (Å²) in [6.07, 6.45) is 15.8. The Labute approximate surface area is 320 Å². The van der Waals surface area contributed by atoms with E-state index < -0.39 is 5.41 Å². The number of aromatic nitrogens is 3. The summed E-state index contributed by atoms with van der Waals surface area (Å²) in [7, 11) is 0. The number of ether oxygens (including phenoxy) is 1. The fourth-order valence-electron chi connectivity index (χ4n) is 9.13. The minimum atomic E-state index is -0.588. The van der Waals surface area contributed by atoms with E-state index in [1.54, 1.807) is 0 Å². The number of nitrogens with zero attached hydrogens (tertiary/aromatic N) is 3. The maximum atomic E-state index is 6.59. The van der Waals surface area contributed by atoms with Crippen LogP contribution in [0.3, 0.4) is 0 Å². The molecule has 4 heteroatoms. The molecular weight excluding hydrogens is 671 g/mol. The first-order chi connectivity index (χ1) is 27.1. The lowest BCUT2D eigenvalue weighted by molar-refractivity contribution is 0.436. The maximum absolute atomic E-state index is 6.59. The SMILES string of the molecule is CC12C=CC=CC1C=C(c1ccccc1-c1nc(-c3ccccc3)nc(-c3ccc4c(c3)C3(c5ccccc5Oc5ccccc53)c3ccccc3-4)n1)C=C2. The molecule has 2 atom stereocenters. The summed E-state index contributed by atoms with van der Waals surface area (Å²) in [5, 5.41) is 0. The normalized spacial score (nSPS) is 19.1. The van der Waals surface area contributed by atoms with Gasteiger partial charge in [-0.25, -0.2) is 15.0 Å². The van der Waals surface area contributed by atoms with Crippen molar-refractivity contribution in [3.8, 4) is 56.8 Å². The third-order valence-electron chi connectivity index (χ3n) is 11.8. The minimum Gasteiger partial charge on any atom is -0.457 e. The topological polar surface area (TPSA) is 47.9 Å². The van der Waals surface area contributed by atoms with E-state index in [-0.39, 0.29) is 11.3 Å². The summed E-state index contributed by atoms with van der Waals surface area (Å²) in [6.45, 7) is 2.29. The molecule has 6 aromatic carbocycles. The van der Waals surface area contributed by atoms with Gasteiger partial charge in [-0.2, -0.15) is 0 Å². The second kappa shape index (κ2) is 12.1. The van der Waals surface area contributed by atoms with Crippen LogP contribution in [0, 0.1) is 11.3 Å². The highest BCUT2D eigenvalue weighted by atomic mass is 16.5. The lowest BCUT2D eigenvalue weighted by Crippen LogP contribution is -2.32. The molecule has 1 spiro atoms. The monoisotopic (exact) mass is 705 g/mol. The molecule has 0 N–H and O–H groups in total. The van der Waals surface area contributed by atoms with E-state index in [2.05, 4.69) is 177 Å². The van der Waals surface area contributed by atoms with Crippen LogP contribution in [0.5, 0.6) is 11.5 Å². The minimum absolute atomic E-state index is 0.0376. The molecule has 0 amide bonds. The van der Waals surface area contributed by atoms with Crippen molar-refractivity contribution in [3.63, 3.8) is 0 Å². The van der Waals surface area contributed by atoms with Crippen molar-refractivity contribution < 1.29 is 4.74 Å². The van der Waals surface area contributed by atoms with Crippen molar-refractivity contribution in [2.24, 2.45) is 11.3 Å². The van der Waals surface area contributed by atoms with Gasteiger partial charge in [0.25, 0.3) is 0 Å². The van der Waals surface area contributed by atoms with Crippen LogP contribution in [0.15, 0.2) is 188 Å². The van der Waals surface area contributed by atoms with Gasteiger partial charge in [-0.05, 0) is 51.6 Å². The number of allylic oxidation sites excluding steroid dienone is 8. The zero-order valence-corrected chi connectivity index (χ0v) is 30.2. The van der Waals surface area contributed by atoms with E-state index in [9.17, 15) is 0 Å². The molecule has 0 saturated carbocycles. The molecule has 55 heavy (non-hydrogen) atoms. The summed E-state index contributed by atoms with van der Waals surface area (Å²) >= 11 is 0. The standard InChI is InChI=1S/C51H35N3O/c1-50-29-14-13-17-36(50)31-34(28-30-50)37-18-5-6-20-40(37)49-53-47(33-15-3-2-4-16-33)52-48(54-49)35-26-27-39-38-19-7-8-21-41(38)51(44(39)32-35)42-22-9-11-24-45(42)55-46-25-12-10-23-43(46)51/h2-32,36H,1H3. The molecule has 0 saturated heterocycles. The van der Waals surface area contributed by atoms with Crippen molar-refractivity contribution in [1.82, 2.24) is 15.0 Å². The summed E-state index contributed by atoms with van der Waals surface area (Å²) in [6, 6.07) is 51.1. The zero-order valence-electron chi connectivity index (χ0n) is 30.2. The first kappa shape index (κ1) is 31.6. The average molecular weight is 706 g/mol. The number of rotatable bonds is 4. The smallest absolute Gasteiger partial charge is 0.164 e. The molecule has 4 nitrogen and oxygen atoms in total. The summed E-state index contributed by atoms with van der Waals surface area (Å²) < 4.78 is 6.59. The van der Waals surface area contributed by atoms with E-state index >= 15 is 0 Å². The van der Waals surface area contributed by atoms with Crippen molar-refractivity contribution >= 4 is 5.57 Å². The van der Waals surface area contributed by atoms with Crippen LogP contribution in [0.4, 0.5) is 0 Å². The van der Waals surface area contributed by atoms with Crippen molar-refractivity contribution in [1.29, 1.82) is 0 Å². The fourth-order valence-corrected chi connectivity index (χ4v) is 9.13. The van der Waals surface area contributed by atoms with Crippen LogP contribution in [-0.4, -0.2) is 15.0 Å². The Hall–Kier alpha value is -6.91. The van der Waals surface area contributed by atoms with Gasteiger partial charge in [0.05, 0.1) is 5.41 Å². The highest BCUT2D eigenvalue weighted by molar-refractivity contribution is 5.90. The Morgan fingerprint density at radius 1 is 0.491 bits per heavy atom. The van der Waals surface area contributed by atoms with Gasteiger partial charge >= 0.3 is 0 Å². The maximum Gasteiger partial charge on any atom is 0.164 e. The molecule has 2 heterocycles. The summed E-state index contributed by atoms with van der Waals surface area (Å²) in [4.78, 5) is 15.7. The van der Waals surface area contributed by atoms with Crippen LogP contribution < -0.4 is 4.74 Å². The van der Waals surface area contributed by atoms with E-state index in [1.807, 2.05) is 18.2 Å². The Morgan fingerprint density at radius 3 is 1.85 bits per heavy atom. The van der Waals surface area contributed by atoms with Gasteiger partial charge in [0.1, 0.15) is 11.5 Å². The largest absolute Gasteiger partial charge is 0.457 e. The molecule has 11 rings (SSSR count). The van der Waals surface area contributed by atoms with Gasteiger partial charge < -0.3 is 4.74 Å². The second-order valence-electron chi connectivity index (χ2n) is 15.0. The Bertz CT molecular complexity index is 2780. The Balaban J connectivity index is 1.13. The third-order valence-corrected chi connectivity index (χ3v) is 11.8.